The van der Waals surface area contributed by atoms with Gasteiger partial charge in [0.15, 0.2) is 10.9 Å². The Bertz CT molecular complexity index is 1800. The molecule has 0 aliphatic carbocycles. The molecule has 32 heavy (non-hydrogen) atoms. The van der Waals surface area contributed by atoms with E-state index in [1.54, 1.807) is 35.6 Å². The summed E-state index contributed by atoms with van der Waals surface area (Å²) in [6, 6.07) is 24.9. The lowest BCUT2D eigenvalue weighted by Gasteiger charge is -2.13. The molecule has 6 rings (SSSR count). The van der Waals surface area contributed by atoms with Crippen molar-refractivity contribution in [2.45, 2.75) is 6.92 Å². The van der Waals surface area contributed by atoms with E-state index in [1.165, 1.54) is 5.56 Å². The molecule has 0 saturated heterocycles. The molecule has 0 aliphatic rings. The van der Waals surface area contributed by atoms with Crippen LogP contribution in [0.3, 0.4) is 0 Å². The highest BCUT2D eigenvalue weighted by Crippen LogP contribution is 2.35. The first kappa shape index (κ1) is 18.8. The summed E-state index contributed by atoms with van der Waals surface area (Å²) >= 11 is 1.61. The number of fused-ring (bicyclic) bond motifs is 5. The van der Waals surface area contributed by atoms with Gasteiger partial charge in [-0.15, -0.1) is 11.3 Å². The number of para-hydroxylation sites is 1. The molecule has 0 radical (unpaired) electrons. The van der Waals surface area contributed by atoms with Crippen LogP contribution in [0.15, 0.2) is 88.5 Å². The minimum atomic E-state index is -0.141. The number of aryl methyl sites for hydroxylation is 1. The van der Waals surface area contributed by atoms with Crippen molar-refractivity contribution in [1.82, 2.24) is 4.98 Å². The highest BCUT2D eigenvalue weighted by Gasteiger charge is 2.18. The molecule has 5 aromatic carbocycles. The molecule has 1 aromatic heterocycles. The van der Waals surface area contributed by atoms with Gasteiger partial charge < -0.3 is 10.3 Å². The Morgan fingerprint density at radius 2 is 1.44 bits per heavy atom. The number of rotatable bonds is 2. The van der Waals surface area contributed by atoms with E-state index in [4.69, 9.17) is 0 Å². The first-order valence-electron chi connectivity index (χ1n) is 10.4. The average Bonchev–Trinajstić information content (AvgIpc) is 2.81. The highest BCUT2D eigenvalue weighted by atomic mass is 32.1. The molecule has 5 heteroatoms. The lowest BCUT2D eigenvalue weighted by Crippen LogP contribution is -2.15. The molecular weight excluding hydrogens is 416 g/mol. The lowest BCUT2D eigenvalue weighted by atomic mass is 10.00. The lowest BCUT2D eigenvalue weighted by molar-refractivity contribution is 1.47. The average molecular weight is 435 g/mol. The molecule has 0 saturated carbocycles. The Hall–Kier alpha value is -3.96. The van der Waals surface area contributed by atoms with Gasteiger partial charge in [0, 0.05) is 16.5 Å². The van der Waals surface area contributed by atoms with Crippen molar-refractivity contribution in [2.75, 3.05) is 5.32 Å². The number of nitrogens with one attached hydrogen (secondary N) is 2. The van der Waals surface area contributed by atoms with Gasteiger partial charge in [-0.2, -0.15) is 0 Å². The Morgan fingerprint density at radius 3 is 2.19 bits per heavy atom. The van der Waals surface area contributed by atoms with E-state index in [1.807, 2.05) is 48.5 Å². The van der Waals surface area contributed by atoms with Crippen molar-refractivity contribution in [3.05, 3.63) is 105 Å². The summed E-state index contributed by atoms with van der Waals surface area (Å²) in [6.45, 7) is 2.06. The molecule has 6 aromatic rings. The number of hydrogen-bond donors (Lipinski definition) is 2. The third-order valence-electron chi connectivity index (χ3n) is 5.83. The van der Waals surface area contributed by atoms with E-state index in [2.05, 4.69) is 23.3 Å². The zero-order valence-corrected chi connectivity index (χ0v) is 18.0. The standard InChI is InChI=1S/C27H18N2O2S/c1-15-11-12-19-21(13-15)32-22-14-20(28-16-7-3-2-4-8-16)23-24(25(22)29-19)27(31)18-10-6-5-9-17(18)26(23)30/h2-14,28-29H,1H3. The molecule has 0 atom stereocenters. The van der Waals surface area contributed by atoms with Gasteiger partial charge in [0.05, 0.1) is 36.9 Å². The third-order valence-corrected chi connectivity index (χ3v) is 6.93. The van der Waals surface area contributed by atoms with Crippen molar-refractivity contribution in [3.8, 4) is 0 Å². The highest BCUT2D eigenvalue weighted by molar-refractivity contribution is 7.24. The molecule has 154 valence electrons. The fourth-order valence-corrected chi connectivity index (χ4v) is 5.46. The van der Waals surface area contributed by atoms with Crippen LogP contribution in [0.25, 0.3) is 42.0 Å². The SMILES string of the molecule is Cc1ccc2[nH]c3c(cc(Nc4ccccc4)c4c(=O)c5ccccc5c(=O)c43)sc2c1. The Morgan fingerprint density at radius 1 is 0.750 bits per heavy atom. The number of aromatic nitrogens is 1. The normalized spacial score (nSPS) is 11.5. The van der Waals surface area contributed by atoms with E-state index in [-0.39, 0.29) is 10.9 Å². The summed E-state index contributed by atoms with van der Waals surface area (Å²) in [5.74, 6) is 0. The van der Waals surface area contributed by atoms with Crippen LogP contribution in [-0.4, -0.2) is 4.98 Å². The minimum Gasteiger partial charge on any atom is -0.355 e. The molecule has 1 heterocycles. The monoisotopic (exact) mass is 434 g/mol. The van der Waals surface area contributed by atoms with Gasteiger partial charge >= 0.3 is 0 Å². The van der Waals surface area contributed by atoms with Crippen LogP contribution in [0.4, 0.5) is 11.4 Å². The second kappa shape index (κ2) is 7.04. The van der Waals surface area contributed by atoms with Crippen LogP contribution in [0.2, 0.25) is 0 Å². The van der Waals surface area contributed by atoms with Crippen LogP contribution in [0.1, 0.15) is 5.56 Å². The van der Waals surface area contributed by atoms with Gasteiger partial charge in [-0.1, -0.05) is 48.5 Å². The summed E-state index contributed by atoms with van der Waals surface area (Å²) in [5, 5.41) is 5.13. The molecule has 0 amide bonds. The summed E-state index contributed by atoms with van der Waals surface area (Å²) < 4.78 is 2.01. The second-order valence-corrected chi connectivity index (χ2v) is 9.05. The van der Waals surface area contributed by atoms with Crippen LogP contribution >= 0.6 is 11.3 Å². The maximum absolute atomic E-state index is 13.7. The van der Waals surface area contributed by atoms with E-state index in [0.717, 1.165) is 20.6 Å². The predicted molar refractivity (Wildman–Crippen MR) is 136 cm³/mol. The number of hydrogen-bond acceptors (Lipinski definition) is 4. The zero-order valence-electron chi connectivity index (χ0n) is 17.2. The fourth-order valence-electron chi connectivity index (χ4n) is 4.32. The summed E-state index contributed by atoms with van der Waals surface area (Å²) in [7, 11) is 0. The number of aromatic amines is 1. The molecule has 0 bridgehead atoms. The molecule has 0 spiro atoms. The smallest absolute Gasteiger partial charge is 0.196 e. The van der Waals surface area contributed by atoms with Crippen molar-refractivity contribution >= 4 is 64.7 Å². The van der Waals surface area contributed by atoms with Crippen LogP contribution < -0.4 is 16.2 Å². The summed E-state index contributed by atoms with van der Waals surface area (Å²) in [5.41, 5.74) is 4.04. The number of anilines is 2. The third kappa shape index (κ3) is 2.82. The maximum atomic E-state index is 13.7. The van der Waals surface area contributed by atoms with Gasteiger partial charge in [0.2, 0.25) is 0 Å². The van der Waals surface area contributed by atoms with E-state index in [9.17, 15) is 9.59 Å². The first-order valence-corrected chi connectivity index (χ1v) is 11.2. The van der Waals surface area contributed by atoms with Gasteiger partial charge in [-0.25, -0.2) is 0 Å². The fraction of sp³-hybridized carbons (Fsp3) is 0.0370. The van der Waals surface area contributed by atoms with Gasteiger partial charge in [-0.3, -0.25) is 9.59 Å². The van der Waals surface area contributed by atoms with Crippen molar-refractivity contribution in [2.24, 2.45) is 0 Å². The van der Waals surface area contributed by atoms with E-state index in [0.29, 0.717) is 32.7 Å². The topological polar surface area (TPSA) is 62.0 Å². The van der Waals surface area contributed by atoms with Crippen molar-refractivity contribution in [3.63, 3.8) is 0 Å². The Balaban J connectivity index is 1.83. The molecule has 2 N–H and O–H groups in total. The van der Waals surface area contributed by atoms with E-state index >= 15 is 0 Å². The summed E-state index contributed by atoms with van der Waals surface area (Å²) in [4.78, 5) is 30.7. The van der Waals surface area contributed by atoms with Gasteiger partial charge in [0.25, 0.3) is 0 Å². The minimum absolute atomic E-state index is 0.133. The molecular formula is C27H18N2O2S. The van der Waals surface area contributed by atoms with Crippen molar-refractivity contribution in [1.29, 1.82) is 0 Å². The second-order valence-electron chi connectivity index (χ2n) is 7.97. The van der Waals surface area contributed by atoms with E-state index < -0.39 is 0 Å². The first-order chi connectivity index (χ1) is 15.6. The van der Waals surface area contributed by atoms with Gasteiger partial charge in [0.1, 0.15) is 0 Å². The Labute approximate surface area is 186 Å². The van der Waals surface area contributed by atoms with Crippen LogP contribution in [0, 0.1) is 6.92 Å². The molecule has 0 aliphatic heterocycles. The quantitative estimate of drug-likeness (QED) is 0.243. The maximum Gasteiger partial charge on any atom is 0.196 e. The summed E-state index contributed by atoms with van der Waals surface area (Å²) in [6.07, 6.45) is 0. The van der Waals surface area contributed by atoms with Crippen LogP contribution in [0.5, 0.6) is 0 Å². The molecule has 0 unspecified atom stereocenters. The Kier molecular flexibility index (Phi) is 4.13. The zero-order chi connectivity index (χ0) is 21.8. The number of H-pyrrole nitrogens is 1. The van der Waals surface area contributed by atoms with Crippen LogP contribution in [-0.2, 0) is 0 Å². The number of benzene rings is 5. The predicted octanol–water partition coefficient (Wildman–Crippen LogP) is 6.46. The molecule has 4 nitrogen and oxygen atoms in total. The molecule has 0 fully saturated rings. The van der Waals surface area contributed by atoms with Crippen molar-refractivity contribution < 1.29 is 0 Å². The van der Waals surface area contributed by atoms with Gasteiger partial charge in [-0.05, 0) is 42.8 Å². The largest absolute Gasteiger partial charge is 0.355 e.